The Morgan fingerprint density at radius 2 is 1.96 bits per heavy atom. The minimum absolute atomic E-state index is 0.158. The van der Waals surface area contributed by atoms with E-state index in [1.54, 1.807) is 4.68 Å². The number of fused-ring (bicyclic) bond motifs is 1. The Kier molecular flexibility index (Phi) is 3.65. The smallest absolute Gasteiger partial charge is 0.231 e. The molecule has 2 aromatic carbocycles. The number of rotatable bonds is 3. The van der Waals surface area contributed by atoms with Crippen molar-refractivity contribution in [1.82, 2.24) is 9.78 Å². The highest BCUT2D eigenvalue weighted by Gasteiger charge is 2.25. The summed E-state index contributed by atoms with van der Waals surface area (Å²) in [6.07, 6.45) is 3.29. The van der Waals surface area contributed by atoms with Crippen LogP contribution in [0.1, 0.15) is 11.1 Å². The van der Waals surface area contributed by atoms with Crippen LogP contribution in [0.5, 0.6) is 0 Å². The zero-order valence-corrected chi connectivity index (χ0v) is 13.6. The number of benzene rings is 2. The van der Waals surface area contributed by atoms with Crippen LogP contribution in [0.15, 0.2) is 60.8 Å². The molecular weight excluding hydrogens is 298 g/mol. The molecule has 0 aliphatic carbocycles. The molecule has 0 unspecified atom stereocenters. The summed E-state index contributed by atoms with van der Waals surface area (Å²) < 4.78 is 1.80. The summed E-state index contributed by atoms with van der Waals surface area (Å²) in [4.78, 5) is 14.6. The number of aromatic nitrogens is 2. The first-order chi connectivity index (χ1) is 11.7. The van der Waals surface area contributed by atoms with Crippen LogP contribution >= 0.6 is 0 Å². The van der Waals surface area contributed by atoms with E-state index in [9.17, 15) is 4.79 Å². The third-order valence-electron chi connectivity index (χ3n) is 4.48. The summed E-state index contributed by atoms with van der Waals surface area (Å²) in [5, 5.41) is 4.45. The van der Waals surface area contributed by atoms with E-state index in [4.69, 9.17) is 0 Å². The van der Waals surface area contributed by atoms with Gasteiger partial charge in [0, 0.05) is 31.0 Å². The van der Waals surface area contributed by atoms with E-state index in [1.165, 1.54) is 5.56 Å². The van der Waals surface area contributed by atoms with Gasteiger partial charge in [-0.3, -0.25) is 9.48 Å². The maximum Gasteiger partial charge on any atom is 0.231 e. The molecule has 0 N–H and O–H groups in total. The van der Waals surface area contributed by atoms with Crippen molar-refractivity contribution in [2.24, 2.45) is 7.05 Å². The molecule has 0 spiro atoms. The van der Waals surface area contributed by atoms with Crippen LogP contribution in [0.2, 0.25) is 0 Å². The van der Waals surface area contributed by atoms with E-state index in [2.05, 4.69) is 23.3 Å². The van der Waals surface area contributed by atoms with Crippen molar-refractivity contribution in [2.75, 3.05) is 11.4 Å². The number of carbonyl (C=O) groups excluding carboxylic acids is 1. The fourth-order valence-electron chi connectivity index (χ4n) is 3.26. The second-order valence-corrected chi connectivity index (χ2v) is 6.18. The summed E-state index contributed by atoms with van der Waals surface area (Å²) >= 11 is 0. The summed E-state index contributed by atoms with van der Waals surface area (Å²) in [5.41, 5.74) is 5.39. The molecule has 1 aliphatic heterocycles. The predicted octanol–water partition coefficient (Wildman–Crippen LogP) is 3.22. The molecule has 4 rings (SSSR count). The van der Waals surface area contributed by atoms with E-state index < -0.39 is 0 Å². The van der Waals surface area contributed by atoms with Crippen molar-refractivity contribution in [3.8, 4) is 11.3 Å². The van der Waals surface area contributed by atoms with Gasteiger partial charge < -0.3 is 4.90 Å². The SMILES string of the molecule is Cn1ccc(-c2ccc3c(c2)CCN3C(=O)Cc2ccccc2)n1. The molecule has 1 amide bonds. The molecule has 0 bridgehead atoms. The lowest BCUT2D eigenvalue weighted by molar-refractivity contribution is -0.117. The van der Waals surface area contributed by atoms with Crippen molar-refractivity contribution in [3.63, 3.8) is 0 Å². The van der Waals surface area contributed by atoms with Crippen molar-refractivity contribution in [1.29, 1.82) is 0 Å². The van der Waals surface area contributed by atoms with Crippen LogP contribution in [0.4, 0.5) is 5.69 Å². The number of hydrogen-bond acceptors (Lipinski definition) is 2. The molecule has 0 saturated heterocycles. The Bertz CT molecular complexity index is 883. The monoisotopic (exact) mass is 317 g/mol. The average molecular weight is 317 g/mol. The van der Waals surface area contributed by atoms with E-state index >= 15 is 0 Å². The van der Waals surface area contributed by atoms with E-state index in [1.807, 2.05) is 54.5 Å². The first-order valence-corrected chi connectivity index (χ1v) is 8.18. The van der Waals surface area contributed by atoms with Gasteiger partial charge in [0.25, 0.3) is 0 Å². The highest BCUT2D eigenvalue weighted by molar-refractivity contribution is 5.97. The molecular formula is C20H19N3O. The quantitative estimate of drug-likeness (QED) is 0.744. The van der Waals surface area contributed by atoms with Gasteiger partial charge >= 0.3 is 0 Å². The Balaban J connectivity index is 1.57. The van der Waals surface area contributed by atoms with Gasteiger partial charge in [-0.05, 0) is 35.7 Å². The lowest BCUT2D eigenvalue weighted by Gasteiger charge is -2.17. The predicted molar refractivity (Wildman–Crippen MR) is 94.8 cm³/mol. The highest BCUT2D eigenvalue weighted by atomic mass is 16.2. The molecule has 0 fully saturated rings. The van der Waals surface area contributed by atoms with Gasteiger partial charge in [-0.25, -0.2) is 0 Å². The molecule has 1 aliphatic rings. The fraction of sp³-hybridized carbons (Fsp3) is 0.200. The summed E-state index contributed by atoms with van der Waals surface area (Å²) in [6.45, 7) is 0.757. The first kappa shape index (κ1) is 14.7. The largest absolute Gasteiger partial charge is 0.312 e. The molecule has 1 aromatic heterocycles. The second kappa shape index (κ2) is 5.96. The fourth-order valence-corrected chi connectivity index (χ4v) is 3.26. The van der Waals surface area contributed by atoms with Crippen molar-refractivity contribution < 1.29 is 4.79 Å². The Morgan fingerprint density at radius 3 is 2.71 bits per heavy atom. The van der Waals surface area contributed by atoms with Crippen LogP contribution in [-0.2, 0) is 24.7 Å². The topological polar surface area (TPSA) is 38.1 Å². The Morgan fingerprint density at radius 1 is 1.12 bits per heavy atom. The van der Waals surface area contributed by atoms with Crippen LogP contribution in [0.25, 0.3) is 11.3 Å². The standard InChI is InChI=1S/C20H19N3O/c1-22-11-10-18(21-22)16-7-8-19-17(14-16)9-12-23(19)20(24)13-15-5-3-2-4-6-15/h2-8,10-11,14H,9,12-13H2,1H3. The minimum Gasteiger partial charge on any atom is -0.312 e. The normalized spacial score (nSPS) is 13.1. The van der Waals surface area contributed by atoms with Crippen LogP contribution < -0.4 is 4.90 Å². The maximum atomic E-state index is 12.6. The number of amides is 1. The van der Waals surface area contributed by atoms with Crippen molar-refractivity contribution in [2.45, 2.75) is 12.8 Å². The van der Waals surface area contributed by atoms with Crippen LogP contribution in [0, 0.1) is 0 Å². The van der Waals surface area contributed by atoms with Gasteiger partial charge in [-0.2, -0.15) is 5.10 Å². The first-order valence-electron chi connectivity index (χ1n) is 8.18. The van der Waals surface area contributed by atoms with Gasteiger partial charge in [-0.1, -0.05) is 36.4 Å². The summed E-state index contributed by atoms with van der Waals surface area (Å²) in [5.74, 6) is 0.158. The molecule has 4 nitrogen and oxygen atoms in total. The zero-order chi connectivity index (χ0) is 16.5. The molecule has 0 atom stereocenters. The van der Waals surface area contributed by atoms with Crippen LogP contribution in [-0.4, -0.2) is 22.2 Å². The Hall–Kier alpha value is -2.88. The van der Waals surface area contributed by atoms with Gasteiger partial charge in [0.05, 0.1) is 12.1 Å². The van der Waals surface area contributed by atoms with E-state index in [0.29, 0.717) is 6.42 Å². The molecule has 2 heterocycles. The third-order valence-corrected chi connectivity index (χ3v) is 4.48. The molecule has 24 heavy (non-hydrogen) atoms. The summed E-state index contributed by atoms with van der Waals surface area (Å²) in [6, 6.07) is 18.2. The number of anilines is 1. The van der Waals surface area contributed by atoms with Crippen LogP contribution in [0.3, 0.4) is 0 Å². The zero-order valence-electron chi connectivity index (χ0n) is 13.6. The minimum atomic E-state index is 0.158. The second-order valence-electron chi connectivity index (χ2n) is 6.18. The van der Waals surface area contributed by atoms with E-state index in [0.717, 1.165) is 35.5 Å². The molecule has 120 valence electrons. The van der Waals surface area contributed by atoms with Gasteiger partial charge in [0.2, 0.25) is 5.91 Å². The Labute approximate surface area is 141 Å². The lowest BCUT2D eigenvalue weighted by atomic mass is 10.1. The maximum absolute atomic E-state index is 12.6. The van der Waals surface area contributed by atoms with Crippen molar-refractivity contribution >= 4 is 11.6 Å². The lowest BCUT2D eigenvalue weighted by Crippen LogP contribution is -2.30. The van der Waals surface area contributed by atoms with Crippen molar-refractivity contribution in [3.05, 3.63) is 71.9 Å². The molecule has 0 saturated carbocycles. The van der Waals surface area contributed by atoms with Gasteiger partial charge in [0.15, 0.2) is 0 Å². The highest BCUT2D eigenvalue weighted by Crippen LogP contribution is 2.32. The van der Waals surface area contributed by atoms with Gasteiger partial charge in [-0.15, -0.1) is 0 Å². The molecule has 4 heteroatoms. The van der Waals surface area contributed by atoms with Gasteiger partial charge in [0.1, 0.15) is 0 Å². The number of nitrogens with zero attached hydrogens (tertiary/aromatic N) is 3. The number of aryl methyl sites for hydroxylation is 1. The summed E-state index contributed by atoms with van der Waals surface area (Å²) in [7, 11) is 1.92. The van der Waals surface area contributed by atoms with E-state index in [-0.39, 0.29) is 5.91 Å². The molecule has 0 radical (unpaired) electrons. The molecule has 3 aromatic rings. The average Bonchev–Trinajstić information content (AvgIpc) is 3.21. The number of hydrogen-bond donors (Lipinski definition) is 0. The number of carbonyl (C=O) groups is 1. The third kappa shape index (κ3) is 2.71.